The predicted octanol–water partition coefficient (Wildman–Crippen LogP) is 2.69. The van der Waals surface area contributed by atoms with Gasteiger partial charge in [0.15, 0.2) is 5.16 Å². The standard InChI is InChI=1S/C18H24N4O4S2/c1-4-7-22-17(25)20-21-18(22)27-9-13(23)19-15-14(16(24)26-3)11-6-5-10(2)8-12(11)28-15/h10H,4-9H2,1-3H3,(H,19,23)(H,20,25)/t10-/m0/s1. The molecule has 28 heavy (non-hydrogen) atoms. The summed E-state index contributed by atoms with van der Waals surface area (Å²) < 4.78 is 6.46. The van der Waals surface area contributed by atoms with Crippen LogP contribution in [0.3, 0.4) is 0 Å². The Labute approximate surface area is 171 Å². The van der Waals surface area contributed by atoms with E-state index < -0.39 is 5.97 Å². The Hall–Kier alpha value is -2.07. The number of aromatic nitrogens is 3. The zero-order valence-electron chi connectivity index (χ0n) is 16.2. The third-order valence-corrected chi connectivity index (χ3v) is 6.80. The van der Waals surface area contributed by atoms with Crippen molar-refractivity contribution >= 4 is 40.0 Å². The van der Waals surface area contributed by atoms with Crippen LogP contribution in [0, 0.1) is 5.92 Å². The molecule has 0 saturated carbocycles. The van der Waals surface area contributed by atoms with Gasteiger partial charge >= 0.3 is 11.7 Å². The van der Waals surface area contributed by atoms with Crippen molar-refractivity contribution in [1.29, 1.82) is 0 Å². The van der Waals surface area contributed by atoms with Crippen molar-refractivity contribution in [3.8, 4) is 0 Å². The maximum absolute atomic E-state index is 12.5. The molecule has 1 atom stereocenters. The van der Waals surface area contributed by atoms with Gasteiger partial charge in [0.25, 0.3) is 0 Å². The average Bonchev–Trinajstić information content (AvgIpc) is 3.19. The number of nitrogens with zero attached hydrogens (tertiary/aromatic N) is 2. The molecule has 8 nitrogen and oxygen atoms in total. The minimum atomic E-state index is -0.418. The summed E-state index contributed by atoms with van der Waals surface area (Å²) in [5.41, 5.74) is 1.20. The highest BCUT2D eigenvalue weighted by Crippen LogP contribution is 2.40. The second-order valence-corrected chi connectivity index (χ2v) is 8.89. The maximum Gasteiger partial charge on any atom is 0.343 e. The first-order chi connectivity index (χ1) is 13.4. The largest absolute Gasteiger partial charge is 0.465 e. The van der Waals surface area contributed by atoms with Gasteiger partial charge in [-0.05, 0) is 37.2 Å². The van der Waals surface area contributed by atoms with Crippen LogP contribution in [-0.4, -0.2) is 39.5 Å². The number of hydrogen-bond acceptors (Lipinski definition) is 7. The Morgan fingerprint density at radius 3 is 2.96 bits per heavy atom. The van der Waals surface area contributed by atoms with Gasteiger partial charge in [-0.2, -0.15) is 0 Å². The minimum absolute atomic E-state index is 0.0909. The maximum atomic E-state index is 12.5. The van der Waals surface area contributed by atoms with Gasteiger partial charge in [-0.1, -0.05) is 25.6 Å². The number of thioether (sulfide) groups is 1. The van der Waals surface area contributed by atoms with E-state index in [1.807, 2.05) is 6.92 Å². The van der Waals surface area contributed by atoms with E-state index in [9.17, 15) is 14.4 Å². The molecule has 152 valence electrons. The molecule has 0 aromatic carbocycles. The fraction of sp³-hybridized carbons (Fsp3) is 0.556. The number of aromatic amines is 1. The molecule has 2 heterocycles. The molecule has 0 bridgehead atoms. The summed E-state index contributed by atoms with van der Waals surface area (Å²) >= 11 is 2.64. The predicted molar refractivity (Wildman–Crippen MR) is 109 cm³/mol. The molecule has 2 N–H and O–H groups in total. The minimum Gasteiger partial charge on any atom is -0.465 e. The van der Waals surface area contributed by atoms with Crippen LogP contribution in [0.4, 0.5) is 5.00 Å². The van der Waals surface area contributed by atoms with E-state index >= 15 is 0 Å². The number of esters is 1. The third-order valence-electron chi connectivity index (χ3n) is 4.66. The lowest BCUT2D eigenvalue weighted by molar-refractivity contribution is -0.113. The Morgan fingerprint density at radius 1 is 1.46 bits per heavy atom. The zero-order chi connectivity index (χ0) is 20.3. The van der Waals surface area contributed by atoms with Gasteiger partial charge in [0.2, 0.25) is 5.91 Å². The number of thiophene rings is 1. The van der Waals surface area contributed by atoms with E-state index in [4.69, 9.17) is 4.74 Å². The number of carbonyl (C=O) groups excluding carboxylic acids is 2. The summed E-state index contributed by atoms with van der Waals surface area (Å²) in [7, 11) is 1.35. The molecule has 0 aliphatic heterocycles. The number of H-pyrrole nitrogens is 1. The van der Waals surface area contributed by atoms with Crippen molar-refractivity contribution in [2.24, 2.45) is 5.92 Å². The second kappa shape index (κ2) is 8.95. The summed E-state index contributed by atoms with van der Waals surface area (Å²) in [4.78, 5) is 37.7. The van der Waals surface area contributed by atoms with Crippen LogP contribution in [0.25, 0.3) is 0 Å². The lowest BCUT2D eigenvalue weighted by Gasteiger charge is -2.18. The number of rotatable bonds is 7. The summed E-state index contributed by atoms with van der Waals surface area (Å²) in [6.45, 7) is 4.70. The van der Waals surface area contributed by atoms with Gasteiger partial charge in [-0.3, -0.25) is 9.36 Å². The normalized spacial score (nSPS) is 15.9. The summed E-state index contributed by atoms with van der Waals surface area (Å²) in [6.07, 6.45) is 3.54. The first kappa shape index (κ1) is 20.7. The second-order valence-electron chi connectivity index (χ2n) is 6.85. The fourth-order valence-electron chi connectivity index (χ4n) is 3.28. The molecule has 1 amide bonds. The molecule has 2 aromatic heterocycles. The smallest absolute Gasteiger partial charge is 0.343 e. The molecule has 0 radical (unpaired) electrons. The Balaban J connectivity index is 1.74. The van der Waals surface area contributed by atoms with Crippen LogP contribution >= 0.6 is 23.1 Å². The molecule has 0 unspecified atom stereocenters. The molecule has 10 heteroatoms. The van der Waals surface area contributed by atoms with Crippen molar-refractivity contribution in [2.75, 3.05) is 18.2 Å². The van der Waals surface area contributed by atoms with Gasteiger partial charge in [0.05, 0.1) is 18.4 Å². The Kier molecular flexibility index (Phi) is 6.61. The van der Waals surface area contributed by atoms with E-state index in [-0.39, 0.29) is 17.3 Å². The van der Waals surface area contributed by atoms with Crippen molar-refractivity contribution in [1.82, 2.24) is 14.8 Å². The van der Waals surface area contributed by atoms with Crippen LogP contribution < -0.4 is 11.0 Å². The number of amides is 1. The highest BCUT2D eigenvalue weighted by molar-refractivity contribution is 7.99. The highest BCUT2D eigenvalue weighted by Gasteiger charge is 2.29. The Bertz CT molecular complexity index is 931. The van der Waals surface area contributed by atoms with Crippen LogP contribution in [0.15, 0.2) is 9.95 Å². The zero-order valence-corrected chi connectivity index (χ0v) is 17.8. The number of methoxy groups -OCH3 is 1. The number of hydrogen-bond donors (Lipinski definition) is 2. The van der Waals surface area contributed by atoms with Crippen molar-refractivity contribution < 1.29 is 14.3 Å². The third kappa shape index (κ3) is 4.33. The molecular weight excluding hydrogens is 400 g/mol. The SMILES string of the molecule is CCCn1c(SCC(=O)Nc2sc3c(c2C(=O)OC)CC[C@H](C)C3)n[nH]c1=O. The number of anilines is 1. The molecular formula is C18H24N4O4S2. The molecule has 2 aromatic rings. The fourth-order valence-corrected chi connectivity index (χ4v) is 5.47. The van der Waals surface area contributed by atoms with E-state index in [2.05, 4.69) is 22.4 Å². The van der Waals surface area contributed by atoms with E-state index in [0.717, 1.165) is 36.1 Å². The quantitative estimate of drug-likeness (QED) is 0.523. The van der Waals surface area contributed by atoms with Crippen molar-refractivity contribution in [3.05, 3.63) is 26.5 Å². The van der Waals surface area contributed by atoms with Crippen LogP contribution in [0.5, 0.6) is 0 Å². The Morgan fingerprint density at radius 2 is 2.25 bits per heavy atom. The van der Waals surface area contributed by atoms with Crippen molar-refractivity contribution in [3.63, 3.8) is 0 Å². The van der Waals surface area contributed by atoms with Crippen LogP contribution in [0.2, 0.25) is 0 Å². The number of carbonyl (C=O) groups is 2. The van der Waals surface area contributed by atoms with E-state index in [0.29, 0.717) is 28.2 Å². The lowest BCUT2D eigenvalue weighted by atomic mass is 9.88. The van der Waals surface area contributed by atoms with Gasteiger partial charge in [0, 0.05) is 11.4 Å². The van der Waals surface area contributed by atoms with Crippen LogP contribution in [-0.2, 0) is 28.9 Å². The van der Waals surface area contributed by atoms with E-state index in [1.165, 1.54) is 34.8 Å². The number of nitrogens with one attached hydrogen (secondary N) is 2. The highest BCUT2D eigenvalue weighted by atomic mass is 32.2. The van der Waals surface area contributed by atoms with Gasteiger partial charge < -0.3 is 10.1 Å². The van der Waals surface area contributed by atoms with Gasteiger partial charge in [-0.15, -0.1) is 16.4 Å². The number of ether oxygens (including phenoxy) is 1. The summed E-state index contributed by atoms with van der Waals surface area (Å²) in [5.74, 6) is -0.0155. The summed E-state index contributed by atoms with van der Waals surface area (Å²) in [5, 5.41) is 10.3. The number of fused-ring (bicyclic) bond motifs is 1. The monoisotopic (exact) mass is 424 g/mol. The average molecular weight is 425 g/mol. The lowest BCUT2D eigenvalue weighted by Crippen LogP contribution is -2.19. The molecule has 0 fully saturated rings. The topological polar surface area (TPSA) is 106 Å². The van der Waals surface area contributed by atoms with E-state index in [1.54, 1.807) is 0 Å². The first-order valence-electron chi connectivity index (χ1n) is 9.25. The molecule has 1 aliphatic carbocycles. The molecule has 0 saturated heterocycles. The molecule has 3 rings (SSSR count). The summed E-state index contributed by atoms with van der Waals surface area (Å²) in [6, 6.07) is 0. The molecule has 0 spiro atoms. The van der Waals surface area contributed by atoms with Gasteiger partial charge in [0.1, 0.15) is 5.00 Å². The van der Waals surface area contributed by atoms with Crippen LogP contribution in [0.1, 0.15) is 47.5 Å². The first-order valence-corrected chi connectivity index (χ1v) is 11.1. The van der Waals surface area contributed by atoms with Crippen molar-refractivity contribution in [2.45, 2.75) is 51.2 Å². The molecule has 1 aliphatic rings. The van der Waals surface area contributed by atoms with Gasteiger partial charge in [-0.25, -0.2) is 14.7 Å².